The predicted molar refractivity (Wildman–Crippen MR) is 100.0 cm³/mol. The van der Waals surface area contributed by atoms with Crippen LogP contribution in [0.1, 0.15) is 24.8 Å². The molecule has 10 heteroatoms. The molecule has 6 nitrogen and oxygen atoms in total. The van der Waals surface area contributed by atoms with Crippen LogP contribution in [0.5, 0.6) is 5.75 Å². The molecular weight excluding hydrogens is 409 g/mol. The Balaban J connectivity index is 1.63. The molecule has 0 unspecified atom stereocenters. The van der Waals surface area contributed by atoms with E-state index in [2.05, 4.69) is 9.46 Å². The van der Waals surface area contributed by atoms with Gasteiger partial charge in [-0.2, -0.15) is 0 Å². The van der Waals surface area contributed by atoms with Gasteiger partial charge in [-0.15, -0.1) is 13.2 Å². The van der Waals surface area contributed by atoms with Crippen molar-refractivity contribution in [2.24, 2.45) is 0 Å². The highest BCUT2D eigenvalue weighted by molar-refractivity contribution is 7.92. The number of benzene rings is 2. The largest absolute Gasteiger partial charge is 0.573 e. The second-order valence-corrected chi connectivity index (χ2v) is 8.28. The summed E-state index contributed by atoms with van der Waals surface area (Å²) in [4.78, 5) is 13.2. The highest BCUT2D eigenvalue weighted by atomic mass is 32.2. The van der Waals surface area contributed by atoms with E-state index < -0.39 is 22.1 Å². The Kier molecular flexibility index (Phi) is 5.74. The van der Waals surface area contributed by atoms with E-state index in [1.165, 1.54) is 0 Å². The average Bonchev–Trinajstić information content (AvgIpc) is 2.60. The molecule has 3 rings (SSSR count). The van der Waals surface area contributed by atoms with Gasteiger partial charge in [-0.3, -0.25) is 9.52 Å². The van der Waals surface area contributed by atoms with Gasteiger partial charge in [0, 0.05) is 31.1 Å². The molecule has 1 amide bonds. The number of hydrogen-bond acceptors (Lipinski definition) is 4. The van der Waals surface area contributed by atoms with Crippen LogP contribution in [-0.2, 0) is 14.8 Å². The SMILES string of the molecule is CCC(=O)N1CC(c2ccc(NS(=O)(=O)c3ccc(OC(F)(F)F)cc3)cc2)C1. The lowest BCUT2D eigenvalue weighted by atomic mass is 9.91. The zero-order valence-electron chi connectivity index (χ0n) is 15.4. The minimum absolute atomic E-state index is 0.109. The maximum absolute atomic E-state index is 12.4. The third-order valence-corrected chi connectivity index (χ3v) is 5.94. The number of amides is 1. The molecule has 0 radical (unpaired) electrons. The molecule has 1 saturated heterocycles. The monoisotopic (exact) mass is 428 g/mol. The van der Waals surface area contributed by atoms with Gasteiger partial charge in [0.25, 0.3) is 10.0 Å². The van der Waals surface area contributed by atoms with Crippen LogP contribution in [0.15, 0.2) is 53.4 Å². The summed E-state index contributed by atoms with van der Waals surface area (Å²) in [6.07, 6.45) is -4.38. The molecular formula is C19H19F3N2O4S. The smallest absolute Gasteiger partial charge is 0.406 e. The van der Waals surface area contributed by atoms with Crippen molar-refractivity contribution in [3.63, 3.8) is 0 Å². The van der Waals surface area contributed by atoms with Crippen LogP contribution in [0.25, 0.3) is 0 Å². The molecule has 1 aliphatic rings. The zero-order valence-corrected chi connectivity index (χ0v) is 16.3. The van der Waals surface area contributed by atoms with Gasteiger partial charge in [-0.05, 0) is 42.0 Å². The normalized spacial score (nSPS) is 15.0. The first-order chi connectivity index (χ1) is 13.6. The number of sulfonamides is 1. The van der Waals surface area contributed by atoms with E-state index in [4.69, 9.17) is 0 Å². The first kappa shape index (κ1) is 21.0. The van der Waals surface area contributed by atoms with E-state index in [9.17, 15) is 26.4 Å². The number of ether oxygens (including phenoxy) is 1. The maximum Gasteiger partial charge on any atom is 0.573 e. The number of nitrogens with one attached hydrogen (secondary N) is 1. The number of halogens is 3. The molecule has 156 valence electrons. The van der Waals surface area contributed by atoms with Crippen LogP contribution in [-0.4, -0.2) is 38.7 Å². The molecule has 0 aliphatic carbocycles. The number of carbonyl (C=O) groups is 1. The standard InChI is InChI=1S/C19H19F3N2O4S/c1-2-18(25)24-11-14(12-24)13-3-5-15(6-4-13)23-29(26,27)17-9-7-16(8-10-17)28-19(20,21)22/h3-10,14,23H,2,11-12H2,1H3. The quantitative estimate of drug-likeness (QED) is 0.761. The highest BCUT2D eigenvalue weighted by Gasteiger charge is 2.32. The van der Waals surface area contributed by atoms with Crippen molar-refractivity contribution < 1.29 is 31.1 Å². The summed E-state index contributed by atoms with van der Waals surface area (Å²) in [5.41, 5.74) is 1.33. The van der Waals surface area contributed by atoms with E-state index in [0.717, 1.165) is 29.8 Å². The fourth-order valence-corrected chi connectivity index (χ4v) is 4.03. The summed E-state index contributed by atoms with van der Waals surface area (Å²) < 4.78 is 67.5. The van der Waals surface area contributed by atoms with Crippen LogP contribution in [0.2, 0.25) is 0 Å². The second-order valence-electron chi connectivity index (χ2n) is 6.60. The van der Waals surface area contributed by atoms with Gasteiger partial charge in [-0.1, -0.05) is 19.1 Å². The number of nitrogens with zero attached hydrogens (tertiary/aromatic N) is 1. The Bertz CT molecular complexity index is 968. The van der Waals surface area contributed by atoms with Crippen LogP contribution < -0.4 is 9.46 Å². The van der Waals surface area contributed by atoms with Crippen molar-refractivity contribution in [1.29, 1.82) is 0 Å². The van der Waals surface area contributed by atoms with Crippen LogP contribution in [0.4, 0.5) is 18.9 Å². The molecule has 0 bridgehead atoms. The number of carbonyl (C=O) groups excluding carboxylic acids is 1. The van der Waals surface area contributed by atoms with Gasteiger partial charge >= 0.3 is 6.36 Å². The Labute approximate surface area is 166 Å². The zero-order chi connectivity index (χ0) is 21.2. The van der Waals surface area contributed by atoms with Gasteiger partial charge in [0.1, 0.15) is 5.75 Å². The first-order valence-corrected chi connectivity index (χ1v) is 10.3. The number of rotatable bonds is 6. The molecule has 1 heterocycles. The molecule has 0 saturated carbocycles. The van der Waals surface area contributed by atoms with Crippen molar-refractivity contribution in [2.75, 3.05) is 17.8 Å². The van der Waals surface area contributed by atoms with E-state index in [1.807, 2.05) is 6.92 Å². The minimum Gasteiger partial charge on any atom is -0.406 e. The molecule has 29 heavy (non-hydrogen) atoms. The third-order valence-electron chi connectivity index (χ3n) is 4.54. The number of anilines is 1. The van der Waals surface area contributed by atoms with Gasteiger partial charge in [0.2, 0.25) is 5.91 Å². The van der Waals surface area contributed by atoms with Crippen molar-refractivity contribution in [2.45, 2.75) is 30.5 Å². The average molecular weight is 428 g/mol. The summed E-state index contributed by atoms with van der Waals surface area (Å²) in [7, 11) is -3.96. The molecule has 0 aromatic heterocycles. The topological polar surface area (TPSA) is 75.7 Å². The van der Waals surface area contributed by atoms with Crippen molar-refractivity contribution in [3.8, 4) is 5.75 Å². The molecule has 1 fully saturated rings. The van der Waals surface area contributed by atoms with E-state index in [0.29, 0.717) is 25.2 Å². The van der Waals surface area contributed by atoms with Crippen LogP contribution >= 0.6 is 0 Å². The number of likely N-dealkylation sites (tertiary alicyclic amines) is 1. The van der Waals surface area contributed by atoms with Gasteiger partial charge in [0.05, 0.1) is 4.90 Å². The van der Waals surface area contributed by atoms with Crippen LogP contribution in [0.3, 0.4) is 0 Å². The Morgan fingerprint density at radius 3 is 2.21 bits per heavy atom. The van der Waals surface area contributed by atoms with E-state index >= 15 is 0 Å². The van der Waals surface area contributed by atoms with Crippen molar-refractivity contribution in [3.05, 3.63) is 54.1 Å². The fraction of sp³-hybridized carbons (Fsp3) is 0.316. The van der Waals surface area contributed by atoms with E-state index in [-0.39, 0.29) is 16.7 Å². The number of alkyl halides is 3. The van der Waals surface area contributed by atoms with Crippen LogP contribution in [0, 0.1) is 0 Å². The number of hydrogen-bond donors (Lipinski definition) is 1. The summed E-state index contributed by atoms with van der Waals surface area (Å²) in [6, 6.07) is 10.7. The first-order valence-electron chi connectivity index (χ1n) is 8.84. The maximum atomic E-state index is 12.4. The van der Waals surface area contributed by atoms with Crippen molar-refractivity contribution >= 4 is 21.6 Å². The summed E-state index contributed by atoms with van der Waals surface area (Å²) in [5.74, 6) is -0.175. The van der Waals surface area contributed by atoms with Gasteiger partial charge < -0.3 is 9.64 Å². The van der Waals surface area contributed by atoms with Crippen molar-refractivity contribution in [1.82, 2.24) is 4.90 Å². The lowest BCUT2D eigenvalue weighted by molar-refractivity contribution is -0.274. The molecule has 2 aromatic rings. The second kappa shape index (κ2) is 7.94. The Hall–Kier alpha value is -2.75. The Morgan fingerprint density at radius 1 is 1.10 bits per heavy atom. The lowest BCUT2D eigenvalue weighted by Crippen LogP contribution is -2.48. The molecule has 2 aromatic carbocycles. The summed E-state index contributed by atoms with van der Waals surface area (Å²) in [6.45, 7) is 3.10. The molecule has 0 atom stereocenters. The predicted octanol–water partition coefficient (Wildman–Crippen LogP) is 3.72. The molecule has 1 aliphatic heterocycles. The minimum atomic E-state index is -4.85. The molecule has 1 N–H and O–H groups in total. The third kappa shape index (κ3) is 5.20. The molecule has 0 spiro atoms. The van der Waals surface area contributed by atoms with E-state index in [1.54, 1.807) is 29.2 Å². The fourth-order valence-electron chi connectivity index (χ4n) is 2.97. The highest BCUT2D eigenvalue weighted by Crippen LogP contribution is 2.29. The lowest BCUT2D eigenvalue weighted by Gasteiger charge is -2.39. The summed E-state index contributed by atoms with van der Waals surface area (Å²) in [5, 5.41) is 0. The Morgan fingerprint density at radius 2 is 1.69 bits per heavy atom. The van der Waals surface area contributed by atoms with Gasteiger partial charge in [-0.25, -0.2) is 8.42 Å². The van der Waals surface area contributed by atoms with Gasteiger partial charge in [0.15, 0.2) is 0 Å². The summed E-state index contributed by atoms with van der Waals surface area (Å²) >= 11 is 0.